The number of aromatic nitrogens is 2. The van der Waals surface area contributed by atoms with Gasteiger partial charge in [0.15, 0.2) is 0 Å². The van der Waals surface area contributed by atoms with E-state index in [9.17, 15) is 36.7 Å². The molecule has 11 nitrogen and oxygen atoms in total. The molecule has 2 aromatic carbocycles. The highest BCUT2D eigenvalue weighted by atomic mass is 19.4. The fraction of sp³-hybridized carbons (Fsp3) is 0.439. The van der Waals surface area contributed by atoms with Crippen LogP contribution in [0.15, 0.2) is 67.0 Å². The number of aryl methyl sites for hydroxylation is 1. The molecule has 300 valence electrons. The molecule has 4 aromatic rings. The lowest BCUT2D eigenvalue weighted by atomic mass is 9.78. The van der Waals surface area contributed by atoms with Crippen molar-refractivity contribution >= 4 is 34.7 Å². The molecule has 0 spiro atoms. The Hall–Kier alpha value is -5.47. The number of rotatable bonds is 15. The lowest BCUT2D eigenvalue weighted by Crippen LogP contribution is -2.67. The molecule has 0 fully saturated rings. The highest BCUT2D eigenvalue weighted by molar-refractivity contribution is 5.97. The van der Waals surface area contributed by atoms with Gasteiger partial charge in [0.1, 0.15) is 17.4 Å². The number of alkyl halides is 3. The van der Waals surface area contributed by atoms with E-state index in [0.717, 1.165) is 11.6 Å². The number of nitrogens with zero attached hydrogens (tertiary/aromatic N) is 1. The molecule has 5 atom stereocenters. The van der Waals surface area contributed by atoms with Crippen LogP contribution in [0.1, 0.15) is 74.9 Å². The van der Waals surface area contributed by atoms with E-state index in [4.69, 9.17) is 0 Å². The van der Waals surface area contributed by atoms with Crippen molar-refractivity contribution in [3.63, 3.8) is 0 Å². The Morgan fingerprint density at radius 2 is 1.62 bits per heavy atom. The number of hydrogen-bond acceptors (Lipinski definition) is 5. The maximum absolute atomic E-state index is 14.7. The van der Waals surface area contributed by atoms with Crippen LogP contribution in [-0.4, -0.2) is 57.9 Å². The lowest BCUT2D eigenvalue weighted by molar-refractivity contribution is -0.137. The Kier molecular flexibility index (Phi) is 13.4. The number of nitrogens with one attached hydrogen (secondary N) is 6. The minimum atomic E-state index is -4.64. The van der Waals surface area contributed by atoms with E-state index >= 15 is 0 Å². The van der Waals surface area contributed by atoms with Gasteiger partial charge in [0.2, 0.25) is 17.7 Å². The summed E-state index contributed by atoms with van der Waals surface area (Å²) in [6.07, 6.45) is -0.631. The number of benzene rings is 2. The summed E-state index contributed by atoms with van der Waals surface area (Å²) in [6.45, 7) is 7.74. The van der Waals surface area contributed by atoms with Crippen molar-refractivity contribution in [2.45, 2.75) is 96.6 Å². The molecule has 0 bridgehead atoms. The molecule has 2 heterocycles. The zero-order chi connectivity index (χ0) is 40.6. The number of fused-ring (bicyclic) bond motifs is 3. The first-order valence-electron chi connectivity index (χ1n) is 18.9. The van der Waals surface area contributed by atoms with Crippen LogP contribution < -0.4 is 26.6 Å². The van der Waals surface area contributed by atoms with Gasteiger partial charge in [-0.15, -0.1) is 0 Å². The molecule has 1 aliphatic rings. The standard InChI is InChI=1S/C41H49F4N7O4/c1-5-24(3)33(23-48-39(56)47-22-26-15-18-46-19-16-26)50-38(55)40(17-14-32-29(21-40)28-11-9-12-30(36(28)49-32)41(43,44)45)52-37(54)35(25(4)6-2)51-34(53)20-27-10-7-8-13-31(27)42/h7-13,15-16,18-19,24-25,33,35,49H,5-6,14,17,20-23H2,1-4H3,(H,50,55)(H,51,53)(H,52,54)(H2,47,48,56)/t24?,25?,33-,35+,40-/m1/s1. The molecule has 0 saturated carbocycles. The molecule has 15 heteroatoms. The normalized spacial score (nSPS) is 17.5. The molecule has 5 rings (SSSR count). The van der Waals surface area contributed by atoms with Crippen LogP contribution in [0.3, 0.4) is 0 Å². The second kappa shape index (κ2) is 18.0. The molecule has 0 aliphatic heterocycles. The van der Waals surface area contributed by atoms with Gasteiger partial charge in [0, 0.05) is 49.0 Å². The highest BCUT2D eigenvalue weighted by Gasteiger charge is 2.47. The first kappa shape index (κ1) is 41.7. The number of carbonyl (C=O) groups excluding carboxylic acids is 4. The highest BCUT2D eigenvalue weighted by Crippen LogP contribution is 2.40. The van der Waals surface area contributed by atoms with E-state index in [0.29, 0.717) is 24.1 Å². The summed E-state index contributed by atoms with van der Waals surface area (Å²) in [5.41, 5.74) is -0.632. The summed E-state index contributed by atoms with van der Waals surface area (Å²) in [5, 5.41) is 14.6. The van der Waals surface area contributed by atoms with Crippen molar-refractivity contribution in [3.05, 3.63) is 101 Å². The molecule has 0 radical (unpaired) electrons. The van der Waals surface area contributed by atoms with Crippen molar-refractivity contribution in [3.8, 4) is 0 Å². The Morgan fingerprint density at radius 1 is 0.911 bits per heavy atom. The van der Waals surface area contributed by atoms with Crippen LogP contribution in [0.25, 0.3) is 10.9 Å². The summed E-state index contributed by atoms with van der Waals surface area (Å²) >= 11 is 0. The average molecular weight is 780 g/mol. The van der Waals surface area contributed by atoms with Gasteiger partial charge >= 0.3 is 12.2 Å². The molecule has 2 aromatic heterocycles. The van der Waals surface area contributed by atoms with Crippen molar-refractivity contribution in [1.82, 2.24) is 36.6 Å². The van der Waals surface area contributed by atoms with Crippen molar-refractivity contribution in [1.29, 1.82) is 0 Å². The number of pyridine rings is 1. The number of amides is 5. The Labute approximate surface area is 323 Å². The van der Waals surface area contributed by atoms with Gasteiger partial charge in [0.25, 0.3) is 0 Å². The van der Waals surface area contributed by atoms with Gasteiger partial charge in [-0.25, -0.2) is 9.18 Å². The second-order valence-electron chi connectivity index (χ2n) is 14.6. The minimum absolute atomic E-state index is 0.0230. The molecule has 2 unspecified atom stereocenters. The predicted octanol–water partition coefficient (Wildman–Crippen LogP) is 5.87. The van der Waals surface area contributed by atoms with Crippen LogP contribution in [0.2, 0.25) is 0 Å². The van der Waals surface area contributed by atoms with Crippen molar-refractivity contribution < 1.29 is 36.7 Å². The third-order valence-corrected chi connectivity index (χ3v) is 10.9. The molecule has 0 saturated heterocycles. The average Bonchev–Trinajstić information content (AvgIpc) is 3.55. The van der Waals surface area contributed by atoms with E-state index < -0.39 is 64.9 Å². The molecular weight excluding hydrogens is 730 g/mol. The SMILES string of the molecule is CCC(C)[C@H](NC(=O)Cc1ccccc1F)C(=O)N[C@]1(C(=O)N[C@H](CNC(=O)NCc2ccncc2)C(C)CC)CCc2[nH]c3c(C(F)(F)F)cccc3c2C1. The monoisotopic (exact) mass is 779 g/mol. The molecule has 1 aliphatic carbocycles. The van der Waals surface area contributed by atoms with E-state index in [1.54, 1.807) is 43.6 Å². The van der Waals surface area contributed by atoms with E-state index in [-0.39, 0.29) is 61.2 Å². The zero-order valence-corrected chi connectivity index (χ0v) is 31.9. The third-order valence-electron chi connectivity index (χ3n) is 10.9. The van der Waals surface area contributed by atoms with Gasteiger partial charge in [0.05, 0.1) is 17.5 Å². The zero-order valence-electron chi connectivity index (χ0n) is 31.9. The number of carbonyl (C=O) groups is 4. The fourth-order valence-corrected chi connectivity index (χ4v) is 7.05. The third kappa shape index (κ3) is 9.84. The molecule has 5 amide bonds. The number of halogens is 4. The number of aromatic amines is 1. The summed E-state index contributed by atoms with van der Waals surface area (Å²) in [7, 11) is 0. The van der Waals surface area contributed by atoms with E-state index in [1.807, 2.05) is 20.8 Å². The molecule has 6 N–H and O–H groups in total. The smallest absolute Gasteiger partial charge is 0.358 e. The summed E-state index contributed by atoms with van der Waals surface area (Å²) in [4.78, 5) is 62.0. The first-order valence-corrected chi connectivity index (χ1v) is 18.9. The van der Waals surface area contributed by atoms with Gasteiger partial charge < -0.3 is 31.6 Å². The van der Waals surface area contributed by atoms with Gasteiger partial charge in [-0.1, -0.05) is 70.9 Å². The van der Waals surface area contributed by atoms with Gasteiger partial charge in [-0.05, 0) is 65.6 Å². The van der Waals surface area contributed by atoms with E-state index in [1.165, 1.54) is 24.3 Å². The van der Waals surface area contributed by atoms with Crippen LogP contribution in [0.4, 0.5) is 22.4 Å². The second-order valence-corrected chi connectivity index (χ2v) is 14.6. The Balaban J connectivity index is 1.44. The van der Waals surface area contributed by atoms with Gasteiger partial charge in [-0.2, -0.15) is 13.2 Å². The van der Waals surface area contributed by atoms with Crippen LogP contribution >= 0.6 is 0 Å². The van der Waals surface area contributed by atoms with Crippen LogP contribution in [0, 0.1) is 17.7 Å². The maximum atomic E-state index is 14.7. The largest absolute Gasteiger partial charge is 0.418 e. The predicted molar refractivity (Wildman–Crippen MR) is 204 cm³/mol. The maximum Gasteiger partial charge on any atom is 0.418 e. The molecular formula is C41H49F4N7O4. The number of urea groups is 1. The van der Waals surface area contributed by atoms with Gasteiger partial charge in [-0.3, -0.25) is 19.4 Å². The number of hydrogen-bond donors (Lipinski definition) is 6. The van der Waals surface area contributed by atoms with E-state index in [2.05, 4.69) is 36.6 Å². The minimum Gasteiger partial charge on any atom is -0.358 e. The lowest BCUT2D eigenvalue weighted by Gasteiger charge is -2.40. The van der Waals surface area contributed by atoms with Crippen LogP contribution in [-0.2, 0) is 46.4 Å². The summed E-state index contributed by atoms with van der Waals surface area (Å²) < 4.78 is 56.7. The molecule has 56 heavy (non-hydrogen) atoms. The topological polar surface area (TPSA) is 157 Å². The Bertz CT molecular complexity index is 2020. The van der Waals surface area contributed by atoms with Crippen molar-refractivity contribution in [2.24, 2.45) is 11.8 Å². The summed E-state index contributed by atoms with van der Waals surface area (Å²) in [6, 6.07) is 11.0. The quantitative estimate of drug-likeness (QED) is 0.0833. The number of H-pyrrole nitrogens is 1. The Morgan fingerprint density at radius 3 is 2.30 bits per heavy atom. The van der Waals surface area contributed by atoms with Crippen LogP contribution in [0.5, 0.6) is 0 Å². The summed E-state index contributed by atoms with van der Waals surface area (Å²) in [5.74, 6) is -2.96. The first-order chi connectivity index (χ1) is 26.7. The fourth-order valence-electron chi connectivity index (χ4n) is 7.05. The van der Waals surface area contributed by atoms with Crippen molar-refractivity contribution in [2.75, 3.05) is 6.54 Å². The number of para-hydroxylation sites is 1.